The smallest absolute Gasteiger partial charge is 0.0459 e. The zero-order valence-corrected chi connectivity index (χ0v) is 13.0. The minimum absolute atomic E-state index is 0.189. The molecule has 2 N–H and O–H groups in total. The fourth-order valence-corrected chi connectivity index (χ4v) is 3.31. The zero-order valence-electron chi connectivity index (χ0n) is 12.2. The molecular weight excluding hydrogens is 256 g/mol. The molecular formula is C16H25ClN2. The molecule has 1 aliphatic heterocycles. The first-order valence-electron chi connectivity index (χ1n) is 7.32. The third-order valence-electron chi connectivity index (χ3n) is 4.18. The van der Waals surface area contributed by atoms with Crippen molar-refractivity contribution >= 4 is 17.3 Å². The molecule has 1 aromatic carbocycles. The van der Waals surface area contributed by atoms with Crippen molar-refractivity contribution < 1.29 is 0 Å². The van der Waals surface area contributed by atoms with E-state index in [0.717, 1.165) is 30.3 Å². The fraction of sp³-hybridized carbons (Fsp3) is 0.625. The SMILES string of the molecule is CCC(N)Cc1c(Cl)cccc1N1CC(C)CC1C. The van der Waals surface area contributed by atoms with Crippen LogP contribution in [0.4, 0.5) is 5.69 Å². The number of hydrogen-bond donors (Lipinski definition) is 1. The Labute approximate surface area is 121 Å². The molecule has 1 saturated heterocycles. The average molecular weight is 281 g/mol. The molecule has 0 bridgehead atoms. The maximum atomic E-state index is 6.41. The molecule has 0 aliphatic carbocycles. The quantitative estimate of drug-likeness (QED) is 0.908. The Morgan fingerprint density at radius 2 is 2.16 bits per heavy atom. The fourth-order valence-electron chi connectivity index (χ4n) is 3.06. The lowest BCUT2D eigenvalue weighted by molar-refractivity contribution is 0.624. The Hall–Kier alpha value is -0.730. The van der Waals surface area contributed by atoms with Crippen molar-refractivity contribution in [3.63, 3.8) is 0 Å². The molecule has 19 heavy (non-hydrogen) atoms. The van der Waals surface area contributed by atoms with Crippen LogP contribution in [0.3, 0.4) is 0 Å². The highest BCUT2D eigenvalue weighted by atomic mass is 35.5. The van der Waals surface area contributed by atoms with Gasteiger partial charge in [-0.2, -0.15) is 0 Å². The summed E-state index contributed by atoms with van der Waals surface area (Å²) in [6.07, 6.45) is 3.10. The van der Waals surface area contributed by atoms with Crippen LogP contribution in [-0.2, 0) is 6.42 Å². The van der Waals surface area contributed by atoms with Crippen LogP contribution >= 0.6 is 11.6 Å². The molecule has 0 radical (unpaired) electrons. The molecule has 0 aromatic heterocycles. The molecule has 0 amide bonds. The molecule has 1 aliphatic rings. The van der Waals surface area contributed by atoms with E-state index in [4.69, 9.17) is 17.3 Å². The molecule has 2 rings (SSSR count). The first-order valence-corrected chi connectivity index (χ1v) is 7.70. The maximum absolute atomic E-state index is 6.41. The second-order valence-corrected chi connectivity index (χ2v) is 6.36. The van der Waals surface area contributed by atoms with E-state index in [1.54, 1.807) is 0 Å². The van der Waals surface area contributed by atoms with Crippen LogP contribution in [0.1, 0.15) is 39.2 Å². The minimum atomic E-state index is 0.189. The summed E-state index contributed by atoms with van der Waals surface area (Å²) in [6.45, 7) is 7.87. The number of hydrogen-bond acceptors (Lipinski definition) is 2. The highest BCUT2D eigenvalue weighted by molar-refractivity contribution is 6.31. The van der Waals surface area contributed by atoms with Crippen molar-refractivity contribution in [2.45, 2.75) is 52.1 Å². The topological polar surface area (TPSA) is 29.3 Å². The van der Waals surface area contributed by atoms with Gasteiger partial charge in [-0.15, -0.1) is 0 Å². The lowest BCUT2D eigenvalue weighted by Crippen LogP contribution is -2.29. The minimum Gasteiger partial charge on any atom is -0.368 e. The second kappa shape index (κ2) is 6.15. The van der Waals surface area contributed by atoms with Crippen LogP contribution in [-0.4, -0.2) is 18.6 Å². The predicted molar refractivity (Wildman–Crippen MR) is 84.0 cm³/mol. The molecule has 3 atom stereocenters. The standard InChI is InChI=1S/C16H25ClN2/c1-4-13(18)9-14-15(17)6-5-7-16(14)19-10-11(2)8-12(19)3/h5-7,11-13H,4,8-10,18H2,1-3H3. The molecule has 3 heteroatoms. The van der Waals surface area contributed by atoms with Crippen LogP contribution in [0.5, 0.6) is 0 Å². The summed E-state index contributed by atoms with van der Waals surface area (Å²) in [7, 11) is 0. The maximum Gasteiger partial charge on any atom is 0.0459 e. The lowest BCUT2D eigenvalue weighted by atomic mass is 10.0. The van der Waals surface area contributed by atoms with Gasteiger partial charge in [-0.1, -0.05) is 31.5 Å². The van der Waals surface area contributed by atoms with E-state index in [9.17, 15) is 0 Å². The summed E-state index contributed by atoms with van der Waals surface area (Å²) < 4.78 is 0. The van der Waals surface area contributed by atoms with Gasteiger partial charge in [0.2, 0.25) is 0 Å². The molecule has 1 heterocycles. The third kappa shape index (κ3) is 3.24. The number of nitrogens with zero attached hydrogens (tertiary/aromatic N) is 1. The van der Waals surface area contributed by atoms with Gasteiger partial charge in [0.1, 0.15) is 0 Å². The van der Waals surface area contributed by atoms with Crippen LogP contribution in [0.15, 0.2) is 18.2 Å². The highest BCUT2D eigenvalue weighted by Crippen LogP contribution is 2.35. The third-order valence-corrected chi connectivity index (χ3v) is 4.53. The second-order valence-electron chi connectivity index (χ2n) is 5.95. The van der Waals surface area contributed by atoms with Gasteiger partial charge in [-0.25, -0.2) is 0 Å². The summed E-state index contributed by atoms with van der Waals surface area (Å²) in [6, 6.07) is 7.00. The van der Waals surface area contributed by atoms with Gasteiger partial charge < -0.3 is 10.6 Å². The van der Waals surface area contributed by atoms with Gasteiger partial charge in [0, 0.05) is 29.3 Å². The van der Waals surface area contributed by atoms with Crippen molar-refractivity contribution in [3.05, 3.63) is 28.8 Å². The molecule has 2 nitrogen and oxygen atoms in total. The molecule has 1 fully saturated rings. The Bertz CT molecular complexity index is 433. The normalized spacial score (nSPS) is 24.8. The van der Waals surface area contributed by atoms with E-state index in [-0.39, 0.29) is 6.04 Å². The van der Waals surface area contributed by atoms with Crippen LogP contribution < -0.4 is 10.6 Å². The molecule has 0 spiro atoms. The monoisotopic (exact) mass is 280 g/mol. The largest absolute Gasteiger partial charge is 0.368 e. The number of rotatable bonds is 4. The van der Waals surface area contributed by atoms with Crippen LogP contribution in [0.25, 0.3) is 0 Å². The number of benzene rings is 1. The van der Waals surface area contributed by atoms with Gasteiger partial charge in [-0.05, 0) is 49.8 Å². The highest BCUT2D eigenvalue weighted by Gasteiger charge is 2.28. The predicted octanol–water partition coefficient (Wildman–Crippen LogP) is 3.85. The first-order chi connectivity index (χ1) is 9.02. The van der Waals surface area contributed by atoms with Crippen molar-refractivity contribution in [2.24, 2.45) is 11.7 Å². The molecule has 1 aromatic rings. The van der Waals surface area contributed by atoms with Gasteiger partial charge in [-0.3, -0.25) is 0 Å². The average Bonchev–Trinajstić information content (AvgIpc) is 2.70. The van der Waals surface area contributed by atoms with Crippen LogP contribution in [0, 0.1) is 5.92 Å². The Kier molecular flexibility index (Phi) is 4.75. The van der Waals surface area contributed by atoms with E-state index in [1.807, 2.05) is 12.1 Å². The zero-order chi connectivity index (χ0) is 14.0. The summed E-state index contributed by atoms with van der Waals surface area (Å²) in [5, 5.41) is 0.855. The summed E-state index contributed by atoms with van der Waals surface area (Å²) in [5.74, 6) is 0.752. The Balaban J connectivity index is 2.31. The summed E-state index contributed by atoms with van der Waals surface area (Å²) >= 11 is 6.41. The summed E-state index contributed by atoms with van der Waals surface area (Å²) in [5.41, 5.74) is 8.63. The van der Waals surface area contributed by atoms with E-state index < -0.39 is 0 Å². The van der Waals surface area contributed by atoms with Crippen molar-refractivity contribution in [1.29, 1.82) is 0 Å². The van der Waals surface area contributed by atoms with Gasteiger partial charge in [0.25, 0.3) is 0 Å². The van der Waals surface area contributed by atoms with E-state index in [0.29, 0.717) is 6.04 Å². The van der Waals surface area contributed by atoms with Crippen LogP contribution in [0.2, 0.25) is 5.02 Å². The first kappa shape index (κ1) is 14.7. The van der Waals surface area contributed by atoms with Gasteiger partial charge >= 0.3 is 0 Å². The Morgan fingerprint density at radius 3 is 2.74 bits per heavy atom. The van der Waals surface area contributed by atoms with Gasteiger partial charge in [0.15, 0.2) is 0 Å². The van der Waals surface area contributed by atoms with Crippen molar-refractivity contribution in [1.82, 2.24) is 0 Å². The lowest BCUT2D eigenvalue weighted by Gasteiger charge is -2.28. The number of anilines is 1. The van der Waals surface area contributed by atoms with Gasteiger partial charge in [0.05, 0.1) is 0 Å². The van der Waals surface area contributed by atoms with Crippen molar-refractivity contribution in [2.75, 3.05) is 11.4 Å². The van der Waals surface area contributed by atoms with E-state index in [2.05, 4.69) is 31.7 Å². The number of nitrogens with two attached hydrogens (primary N) is 1. The molecule has 106 valence electrons. The van der Waals surface area contributed by atoms with E-state index >= 15 is 0 Å². The molecule has 3 unspecified atom stereocenters. The van der Waals surface area contributed by atoms with Crippen molar-refractivity contribution in [3.8, 4) is 0 Å². The summed E-state index contributed by atoms with van der Waals surface area (Å²) in [4.78, 5) is 2.49. The molecule has 0 saturated carbocycles. The number of halogens is 1. The van der Waals surface area contributed by atoms with E-state index in [1.165, 1.54) is 17.7 Å². The Morgan fingerprint density at radius 1 is 1.42 bits per heavy atom.